The fourth-order valence-electron chi connectivity index (χ4n) is 1.23. The standard InChI is InChI=1S/C8H11N3O/c9-2-1-8(7-10)11-3-5-12-6-4-11/h8H,1,3-6H2/t8-/m1/s1. The molecule has 0 aromatic rings. The Bertz CT molecular complexity index is 209. The molecule has 0 spiro atoms. The first-order valence-electron chi connectivity index (χ1n) is 3.97. The highest BCUT2D eigenvalue weighted by atomic mass is 16.5. The molecular formula is C8H11N3O. The van der Waals surface area contributed by atoms with Gasteiger partial charge >= 0.3 is 0 Å². The van der Waals surface area contributed by atoms with E-state index in [1.807, 2.05) is 11.0 Å². The van der Waals surface area contributed by atoms with E-state index in [-0.39, 0.29) is 12.5 Å². The molecule has 1 heterocycles. The molecule has 1 saturated heterocycles. The number of ether oxygens (including phenoxy) is 1. The average molecular weight is 165 g/mol. The molecule has 1 fully saturated rings. The van der Waals surface area contributed by atoms with Crippen molar-refractivity contribution in [2.75, 3.05) is 26.3 Å². The van der Waals surface area contributed by atoms with Gasteiger partial charge in [-0.1, -0.05) is 0 Å². The summed E-state index contributed by atoms with van der Waals surface area (Å²) >= 11 is 0. The minimum Gasteiger partial charge on any atom is -0.379 e. The number of hydrogen-bond donors (Lipinski definition) is 0. The van der Waals surface area contributed by atoms with Crippen LogP contribution in [0.15, 0.2) is 0 Å². The van der Waals surface area contributed by atoms with Crippen LogP contribution >= 0.6 is 0 Å². The molecule has 4 nitrogen and oxygen atoms in total. The second kappa shape index (κ2) is 4.71. The Kier molecular flexibility index (Phi) is 3.53. The Morgan fingerprint density at radius 2 is 2.00 bits per heavy atom. The van der Waals surface area contributed by atoms with Crippen LogP contribution in [0.5, 0.6) is 0 Å². The molecule has 0 unspecified atom stereocenters. The summed E-state index contributed by atoms with van der Waals surface area (Å²) in [5.74, 6) is 0. The first-order chi connectivity index (χ1) is 5.88. The summed E-state index contributed by atoms with van der Waals surface area (Å²) < 4.78 is 5.14. The number of nitrogens with zero attached hydrogens (tertiary/aromatic N) is 3. The lowest BCUT2D eigenvalue weighted by Crippen LogP contribution is -2.42. The maximum atomic E-state index is 8.73. The maximum Gasteiger partial charge on any atom is 0.111 e. The number of nitriles is 2. The van der Waals surface area contributed by atoms with Crippen molar-refractivity contribution < 1.29 is 4.74 Å². The molecule has 4 heteroatoms. The highest BCUT2D eigenvalue weighted by Crippen LogP contribution is 2.05. The molecule has 0 aromatic heterocycles. The highest BCUT2D eigenvalue weighted by molar-refractivity contribution is 4.97. The van der Waals surface area contributed by atoms with E-state index in [0.29, 0.717) is 13.2 Å². The predicted molar refractivity (Wildman–Crippen MR) is 42.0 cm³/mol. The summed E-state index contributed by atoms with van der Waals surface area (Å²) in [4.78, 5) is 1.99. The zero-order valence-electron chi connectivity index (χ0n) is 6.86. The average Bonchev–Trinajstić information content (AvgIpc) is 2.15. The summed E-state index contributed by atoms with van der Waals surface area (Å²) in [5, 5.41) is 17.2. The Morgan fingerprint density at radius 3 is 2.50 bits per heavy atom. The maximum absolute atomic E-state index is 8.73. The lowest BCUT2D eigenvalue weighted by Gasteiger charge is -2.29. The Labute approximate surface area is 71.9 Å². The third kappa shape index (κ3) is 2.20. The minimum atomic E-state index is -0.251. The largest absolute Gasteiger partial charge is 0.379 e. The molecule has 1 atom stereocenters. The van der Waals surface area contributed by atoms with Crippen molar-refractivity contribution in [3.8, 4) is 12.1 Å². The number of hydrogen-bond acceptors (Lipinski definition) is 4. The molecule has 0 aromatic carbocycles. The topological polar surface area (TPSA) is 60.0 Å². The Balaban J connectivity index is 2.43. The van der Waals surface area contributed by atoms with E-state index >= 15 is 0 Å². The van der Waals surface area contributed by atoms with Crippen LogP contribution in [0.25, 0.3) is 0 Å². The van der Waals surface area contributed by atoms with E-state index in [1.54, 1.807) is 0 Å². The third-order valence-electron chi connectivity index (χ3n) is 1.92. The van der Waals surface area contributed by atoms with Gasteiger partial charge in [0.1, 0.15) is 6.04 Å². The van der Waals surface area contributed by atoms with Gasteiger partial charge in [0.2, 0.25) is 0 Å². The minimum absolute atomic E-state index is 0.251. The van der Waals surface area contributed by atoms with Crippen molar-refractivity contribution >= 4 is 0 Å². The molecule has 0 aliphatic carbocycles. The second-order valence-electron chi connectivity index (χ2n) is 2.66. The van der Waals surface area contributed by atoms with Crippen LogP contribution in [0.4, 0.5) is 0 Å². The van der Waals surface area contributed by atoms with Crippen molar-refractivity contribution in [1.82, 2.24) is 4.90 Å². The zero-order chi connectivity index (χ0) is 8.81. The van der Waals surface area contributed by atoms with Gasteiger partial charge in [-0.15, -0.1) is 0 Å². The van der Waals surface area contributed by atoms with Gasteiger partial charge in [0.05, 0.1) is 31.8 Å². The molecular weight excluding hydrogens is 154 g/mol. The fraction of sp³-hybridized carbons (Fsp3) is 0.750. The molecule has 1 rings (SSSR count). The summed E-state index contributed by atoms with van der Waals surface area (Å²) in [5.41, 5.74) is 0. The molecule has 1 aliphatic rings. The summed E-state index contributed by atoms with van der Waals surface area (Å²) in [6.07, 6.45) is 0.288. The van der Waals surface area contributed by atoms with Crippen molar-refractivity contribution in [2.24, 2.45) is 0 Å². The van der Waals surface area contributed by atoms with Crippen LogP contribution < -0.4 is 0 Å². The normalized spacial score (nSPS) is 20.8. The van der Waals surface area contributed by atoms with Crippen LogP contribution in [0.3, 0.4) is 0 Å². The van der Waals surface area contributed by atoms with Gasteiger partial charge in [0, 0.05) is 13.1 Å². The predicted octanol–water partition coefficient (Wildman–Crippen LogP) is 0.124. The van der Waals surface area contributed by atoms with Crippen LogP contribution in [-0.2, 0) is 4.74 Å². The number of morpholine rings is 1. The lowest BCUT2D eigenvalue weighted by molar-refractivity contribution is 0.0277. The van der Waals surface area contributed by atoms with Crippen molar-refractivity contribution in [3.63, 3.8) is 0 Å². The fourth-order valence-corrected chi connectivity index (χ4v) is 1.23. The van der Waals surface area contributed by atoms with E-state index in [1.165, 1.54) is 0 Å². The van der Waals surface area contributed by atoms with Gasteiger partial charge in [0.25, 0.3) is 0 Å². The SMILES string of the molecule is N#CC[C@H](C#N)N1CCOCC1. The summed E-state index contributed by atoms with van der Waals surface area (Å²) in [6, 6.07) is 3.88. The van der Waals surface area contributed by atoms with E-state index in [4.69, 9.17) is 15.3 Å². The quantitative estimate of drug-likeness (QED) is 0.583. The van der Waals surface area contributed by atoms with Gasteiger partial charge in [-0.05, 0) is 0 Å². The molecule has 0 N–H and O–H groups in total. The summed E-state index contributed by atoms with van der Waals surface area (Å²) in [7, 11) is 0. The van der Waals surface area contributed by atoms with Gasteiger partial charge in [0.15, 0.2) is 0 Å². The molecule has 0 bridgehead atoms. The van der Waals surface area contributed by atoms with Crippen molar-refractivity contribution in [1.29, 1.82) is 10.5 Å². The zero-order valence-corrected chi connectivity index (χ0v) is 6.86. The molecule has 0 amide bonds. The van der Waals surface area contributed by atoms with Crippen molar-refractivity contribution in [2.45, 2.75) is 12.5 Å². The van der Waals surface area contributed by atoms with E-state index in [9.17, 15) is 0 Å². The first kappa shape index (κ1) is 8.99. The Morgan fingerprint density at radius 1 is 1.33 bits per heavy atom. The van der Waals surface area contributed by atoms with E-state index in [2.05, 4.69) is 6.07 Å². The van der Waals surface area contributed by atoms with Crippen LogP contribution in [0.2, 0.25) is 0 Å². The molecule has 1 aliphatic heterocycles. The molecule has 0 radical (unpaired) electrons. The molecule has 64 valence electrons. The lowest BCUT2D eigenvalue weighted by atomic mass is 10.2. The second-order valence-corrected chi connectivity index (χ2v) is 2.66. The third-order valence-corrected chi connectivity index (χ3v) is 1.92. The first-order valence-corrected chi connectivity index (χ1v) is 3.97. The molecule has 0 saturated carbocycles. The van der Waals surface area contributed by atoms with Crippen LogP contribution in [0, 0.1) is 22.7 Å². The van der Waals surface area contributed by atoms with Gasteiger partial charge < -0.3 is 4.74 Å². The van der Waals surface area contributed by atoms with E-state index in [0.717, 1.165) is 13.1 Å². The van der Waals surface area contributed by atoms with Crippen LogP contribution in [-0.4, -0.2) is 37.2 Å². The van der Waals surface area contributed by atoms with Crippen molar-refractivity contribution in [3.05, 3.63) is 0 Å². The van der Waals surface area contributed by atoms with Gasteiger partial charge in [-0.3, -0.25) is 4.90 Å². The number of rotatable bonds is 2. The molecule has 12 heavy (non-hydrogen) atoms. The monoisotopic (exact) mass is 165 g/mol. The van der Waals surface area contributed by atoms with E-state index < -0.39 is 0 Å². The van der Waals surface area contributed by atoms with Gasteiger partial charge in [-0.2, -0.15) is 10.5 Å². The smallest absolute Gasteiger partial charge is 0.111 e. The highest BCUT2D eigenvalue weighted by Gasteiger charge is 2.19. The van der Waals surface area contributed by atoms with Crippen LogP contribution in [0.1, 0.15) is 6.42 Å². The van der Waals surface area contributed by atoms with Gasteiger partial charge in [-0.25, -0.2) is 0 Å². The summed E-state index contributed by atoms with van der Waals surface area (Å²) in [6.45, 7) is 2.87. The Hall–Kier alpha value is -1.10.